The average molecular weight is 967 g/mol. The monoisotopic (exact) mass is 967 g/mol. The Kier molecular flexibility index (Phi) is 47.0. The van der Waals surface area contributed by atoms with Gasteiger partial charge in [0.15, 0.2) is 0 Å². The van der Waals surface area contributed by atoms with Crippen molar-refractivity contribution in [2.75, 3.05) is 40.9 Å². The Morgan fingerprint density at radius 1 is 0.507 bits per heavy atom. The third-order valence-corrected chi connectivity index (χ3v) is 13.8. The lowest BCUT2D eigenvalue weighted by molar-refractivity contribution is -0.870. The van der Waals surface area contributed by atoms with Gasteiger partial charge >= 0.3 is 5.97 Å². The first-order chi connectivity index (χ1) is 32.4. The van der Waals surface area contributed by atoms with Crippen LogP contribution in [0.5, 0.6) is 0 Å². The molecule has 0 aliphatic rings. The standard InChI is InChI=1S/C57H111N2O7P/c1-7-10-13-16-19-22-25-28-30-31-34-37-40-43-46-49-56(60)58-54(53-65-67(62,63)64-52-51-59(4,5)6)55(48-45-42-39-36-33-27-24-21-18-15-12-9-3)66-57(61)50-47-44-41-38-35-32-29-26-23-20-17-14-11-8-2/h22,25,45,48,54-55H,7-21,23-24,26-44,46-47,49-53H2,1-6H3,(H-,58,60,62,63)/b25-22-,48-45+. The zero-order valence-electron chi connectivity index (χ0n) is 45.1. The van der Waals surface area contributed by atoms with Gasteiger partial charge in [0, 0.05) is 12.8 Å². The summed E-state index contributed by atoms with van der Waals surface area (Å²) < 4.78 is 30.2. The summed E-state index contributed by atoms with van der Waals surface area (Å²) >= 11 is 0. The molecule has 10 heteroatoms. The number of likely N-dealkylation sites (N-methyl/N-ethyl adjacent to an activating group) is 1. The highest BCUT2D eigenvalue weighted by Gasteiger charge is 2.27. The van der Waals surface area contributed by atoms with E-state index in [0.29, 0.717) is 17.4 Å². The van der Waals surface area contributed by atoms with E-state index in [1.54, 1.807) is 0 Å². The molecule has 9 nitrogen and oxygen atoms in total. The molecule has 0 rings (SSSR count). The van der Waals surface area contributed by atoms with E-state index in [2.05, 4.69) is 38.2 Å². The molecule has 1 N–H and O–H groups in total. The predicted molar refractivity (Wildman–Crippen MR) is 284 cm³/mol. The van der Waals surface area contributed by atoms with Gasteiger partial charge in [0.05, 0.1) is 33.8 Å². The van der Waals surface area contributed by atoms with E-state index in [9.17, 15) is 19.0 Å². The molecule has 3 atom stereocenters. The van der Waals surface area contributed by atoms with Crippen LogP contribution in [0.2, 0.25) is 0 Å². The molecule has 0 aliphatic carbocycles. The zero-order valence-corrected chi connectivity index (χ0v) is 46.0. The molecular formula is C57H111N2O7P. The maximum absolute atomic E-state index is 13.5. The van der Waals surface area contributed by atoms with Crippen molar-refractivity contribution in [1.29, 1.82) is 0 Å². The first-order valence-corrected chi connectivity index (χ1v) is 30.1. The quantitative estimate of drug-likeness (QED) is 0.0212. The second-order valence-electron chi connectivity index (χ2n) is 20.8. The van der Waals surface area contributed by atoms with Crippen LogP contribution in [-0.4, -0.2) is 69.4 Å². The first kappa shape index (κ1) is 65.5. The summed E-state index contributed by atoms with van der Waals surface area (Å²) in [6, 6.07) is -0.883. The summed E-state index contributed by atoms with van der Waals surface area (Å²) in [4.78, 5) is 39.8. The van der Waals surface area contributed by atoms with Crippen molar-refractivity contribution in [3.8, 4) is 0 Å². The number of carbonyl (C=O) groups is 2. The van der Waals surface area contributed by atoms with Gasteiger partial charge in [-0.05, 0) is 57.4 Å². The van der Waals surface area contributed by atoms with Crippen LogP contribution in [0.3, 0.4) is 0 Å². The smallest absolute Gasteiger partial charge is 0.306 e. The number of phosphoric acid groups is 1. The normalized spacial score (nSPS) is 14.0. The van der Waals surface area contributed by atoms with Crippen molar-refractivity contribution in [3.63, 3.8) is 0 Å². The minimum atomic E-state index is -4.69. The van der Waals surface area contributed by atoms with E-state index in [0.717, 1.165) is 70.6 Å². The van der Waals surface area contributed by atoms with Crippen LogP contribution in [0.25, 0.3) is 0 Å². The topological polar surface area (TPSA) is 114 Å². The minimum Gasteiger partial charge on any atom is -0.756 e. The van der Waals surface area contributed by atoms with Crippen LogP contribution in [-0.2, 0) is 27.9 Å². The molecule has 0 saturated carbocycles. The molecule has 67 heavy (non-hydrogen) atoms. The lowest BCUT2D eigenvalue weighted by Gasteiger charge is -2.30. The fourth-order valence-electron chi connectivity index (χ4n) is 8.40. The molecule has 0 heterocycles. The Labute approximate surface area is 415 Å². The predicted octanol–water partition coefficient (Wildman–Crippen LogP) is 16.4. The first-order valence-electron chi connectivity index (χ1n) is 28.6. The number of ether oxygens (including phenoxy) is 1. The lowest BCUT2D eigenvalue weighted by atomic mass is 10.0. The fourth-order valence-corrected chi connectivity index (χ4v) is 9.12. The van der Waals surface area contributed by atoms with Gasteiger partial charge in [-0.25, -0.2) is 0 Å². The van der Waals surface area contributed by atoms with Gasteiger partial charge in [0.25, 0.3) is 7.82 Å². The van der Waals surface area contributed by atoms with Gasteiger partial charge in [-0.15, -0.1) is 0 Å². The molecule has 396 valence electrons. The SMILES string of the molecule is CCCCCC/C=C\CCCCCCCCCC(=O)NC(COP(=O)([O-])OCC[N+](C)(C)C)C(/C=C/CCCCCCCCCCCC)OC(=O)CCCCCCCCCCCCCCCC. The van der Waals surface area contributed by atoms with Crippen molar-refractivity contribution in [2.24, 2.45) is 0 Å². The van der Waals surface area contributed by atoms with Gasteiger partial charge in [0.2, 0.25) is 5.91 Å². The highest BCUT2D eigenvalue weighted by Crippen LogP contribution is 2.38. The van der Waals surface area contributed by atoms with Crippen LogP contribution in [0.1, 0.15) is 278 Å². The second-order valence-corrected chi connectivity index (χ2v) is 22.2. The number of nitrogens with zero attached hydrogens (tertiary/aromatic N) is 1. The maximum atomic E-state index is 13.5. The fraction of sp³-hybridized carbons (Fsp3) is 0.895. The molecule has 0 aromatic rings. The van der Waals surface area contributed by atoms with Crippen LogP contribution < -0.4 is 10.2 Å². The maximum Gasteiger partial charge on any atom is 0.306 e. The summed E-state index contributed by atoms with van der Waals surface area (Å²) in [6.07, 6.45) is 54.2. The van der Waals surface area contributed by atoms with Gasteiger partial charge in [-0.3, -0.25) is 14.2 Å². The zero-order chi connectivity index (χ0) is 49.4. The number of quaternary nitrogens is 1. The molecule has 0 bridgehead atoms. The molecule has 0 spiro atoms. The number of hydrogen-bond acceptors (Lipinski definition) is 7. The molecule has 1 amide bonds. The largest absolute Gasteiger partial charge is 0.756 e. The molecule has 0 fully saturated rings. The van der Waals surface area contributed by atoms with E-state index in [4.69, 9.17) is 13.8 Å². The minimum absolute atomic E-state index is 0.0199. The van der Waals surface area contributed by atoms with Crippen molar-refractivity contribution >= 4 is 19.7 Å². The number of phosphoric ester groups is 1. The van der Waals surface area contributed by atoms with E-state index in [-0.39, 0.29) is 31.5 Å². The Morgan fingerprint density at radius 2 is 0.866 bits per heavy atom. The summed E-state index contributed by atoms with van der Waals surface area (Å²) in [5.74, 6) is -0.535. The average Bonchev–Trinajstić information content (AvgIpc) is 3.28. The van der Waals surface area contributed by atoms with Crippen molar-refractivity contribution < 1.29 is 37.3 Å². The lowest BCUT2D eigenvalue weighted by Crippen LogP contribution is -2.47. The number of rotatable bonds is 52. The Hall–Kier alpha value is -1.51. The summed E-state index contributed by atoms with van der Waals surface area (Å²) in [5.41, 5.74) is 0. The third kappa shape index (κ3) is 49.3. The number of carbonyl (C=O) groups excluding carboxylic acids is 2. The summed E-state index contributed by atoms with van der Waals surface area (Å²) in [5, 5.41) is 3.02. The van der Waals surface area contributed by atoms with Crippen LogP contribution in [0.4, 0.5) is 0 Å². The van der Waals surface area contributed by atoms with Gasteiger partial charge < -0.3 is 28.5 Å². The van der Waals surface area contributed by atoms with Crippen molar-refractivity contribution in [2.45, 2.75) is 290 Å². The number of allylic oxidation sites excluding steroid dienone is 3. The molecule has 0 aromatic heterocycles. The molecule has 3 unspecified atom stereocenters. The van der Waals surface area contributed by atoms with E-state index >= 15 is 0 Å². The summed E-state index contributed by atoms with van der Waals surface area (Å²) in [6.45, 7) is 6.84. The Morgan fingerprint density at radius 3 is 1.28 bits per heavy atom. The highest BCUT2D eigenvalue weighted by molar-refractivity contribution is 7.45. The summed E-state index contributed by atoms with van der Waals surface area (Å²) in [7, 11) is 1.19. The van der Waals surface area contributed by atoms with E-state index in [1.165, 1.54) is 173 Å². The number of unbranched alkanes of at least 4 members (excludes halogenated alkanes) is 34. The van der Waals surface area contributed by atoms with Gasteiger partial charge in [0.1, 0.15) is 19.3 Å². The van der Waals surface area contributed by atoms with Crippen LogP contribution >= 0.6 is 7.82 Å². The third-order valence-electron chi connectivity index (χ3n) is 12.9. The van der Waals surface area contributed by atoms with E-state index in [1.807, 2.05) is 33.3 Å². The number of esters is 1. The number of nitrogens with one attached hydrogen (secondary N) is 1. The van der Waals surface area contributed by atoms with E-state index < -0.39 is 20.0 Å². The van der Waals surface area contributed by atoms with Crippen molar-refractivity contribution in [1.82, 2.24) is 5.32 Å². The van der Waals surface area contributed by atoms with Gasteiger partial charge in [-0.1, -0.05) is 232 Å². The Bertz CT molecular complexity index is 1210. The molecule has 0 aromatic carbocycles. The van der Waals surface area contributed by atoms with Crippen LogP contribution in [0, 0.1) is 0 Å². The van der Waals surface area contributed by atoms with Crippen LogP contribution in [0.15, 0.2) is 24.3 Å². The van der Waals surface area contributed by atoms with Crippen molar-refractivity contribution in [3.05, 3.63) is 24.3 Å². The number of hydrogen-bond donors (Lipinski definition) is 1. The highest BCUT2D eigenvalue weighted by atomic mass is 31.2. The van der Waals surface area contributed by atoms with Gasteiger partial charge in [-0.2, -0.15) is 0 Å². The molecule has 0 radical (unpaired) electrons. The second kappa shape index (κ2) is 48.1. The Balaban J connectivity index is 5.34. The number of amides is 1. The molecule has 0 aliphatic heterocycles. The molecular weight excluding hydrogens is 856 g/mol. The molecule has 0 saturated heterocycles.